The molecule has 1 aliphatic heterocycles. The van der Waals surface area contributed by atoms with Crippen molar-refractivity contribution >= 4 is 17.4 Å². The number of nitrogens with two attached hydrogens (primary N) is 1. The van der Waals surface area contributed by atoms with E-state index in [1.807, 2.05) is 0 Å². The Kier molecular flexibility index (Phi) is 3.32. The first-order chi connectivity index (χ1) is 11.1. The SMILES string of the molecule is Nc1nn(C(=O)C2CCNc3ccc(F)cc32)c2c1CCCC2. The molecule has 1 aromatic carbocycles. The highest BCUT2D eigenvalue weighted by atomic mass is 19.1. The second kappa shape index (κ2) is 5.37. The lowest BCUT2D eigenvalue weighted by atomic mass is 9.89. The van der Waals surface area contributed by atoms with Crippen molar-refractivity contribution in [2.24, 2.45) is 0 Å². The van der Waals surface area contributed by atoms with Crippen molar-refractivity contribution < 1.29 is 9.18 Å². The minimum absolute atomic E-state index is 0.104. The average molecular weight is 314 g/mol. The van der Waals surface area contributed by atoms with Crippen molar-refractivity contribution in [3.05, 3.63) is 40.8 Å². The Morgan fingerprint density at radius 3 is 3.04 bits per heavy atom. The Morgan fingerprint density at radius 2 is 2.17 bits per heavy atom. The lowest BCUT2D eigenvalue weighted by Gasteiger charge is -2.26. The Labute approximate surface area is 133 Å². The summed E-state index contributed by atoms with van der Waals surface area (Å²) in [5, 5.41) is 7.51. The summed E-state index contributed by atoms with van der Waals surface area (Å²) in [6, 6.07) is 4.55. The topological polar surface area (TPSA) is 72.9 Å². The minimum atomic E-state index is -0.382. The maximum absolute atomic E-state index is 13.6. The van der Waals surface area contributed by atoms with Crippen molar-refractivity contribution in [2.75, 3.05) is 17.6 Å². The molecule has 5 nitrogen and oxygen atoms in total. The van der Waals surface area contributed by atoms with E-state index in [1.54, 1.807) is 6.07 Å². The number of fused-ring (bicyclic) bond motifs is 2. The van der Waals surface area contributed by atoms with Crippen LogP contribution in [-0.2, 0) is 12.8 Å². The van der Waals surface area contributed by atoms with Crippen LogP contribution >= 0.6 is 0 Å². The molecule has 0 saturated carbocycles. The summed E-state index contributed by atoms with van der Waals surface area (Å²) in [6.07, 6.45) is 4.46. The smallest absolute Gasteiger partial charge is 0.254 e. The van der Waals surface area contributed by atoms with Crippen LogP contribution in [0.15, 0.2) is 18.2 Å². The van der Waals surface area contributed by atoms with Crippen LogP contribution in [0.2, 0.25) is 0 Å². The summed E-state index contributed by atoms with van der Waals surface area (Å²) in [5.74, 6) is -0.353. The van der Waals surface area contributed by atoms with Crippen LogP contribution in [0, 0.1) is 5.82 Å². The molecule has 0 radical (unpaired) electrons. The Morgan fingerprint density at radius 1 is 1.35 bits per heavy atom. The van der Waals surface area contributed by atoms with Crippen LogP contribution in [0.4, 0.5) is 15.9 Å². The average Bonchev–Trinajstić information content (AvgIpc) is 2.91. The molecule has 0 bridgehead atoms. The zero-order valence-corrected chi connectivity index (χ0v) is 12.8. The molecule has 6 heteroatoms. The molecular formula is C17H19FN4O. The molecule has 0 saturated heterocycles. The predicted molar refractivity (Wildman–Crippen MR) is 86.2 cm³/mol. The predicted octanol–water partition coefficient (Wildman–Crippen LogP) is 2.72. The van der Waals surface area contributed by atoms with Gasteiger partial charge in [-0.15, -0.1) is 5.10 Å². The molecule has 120 valence electrons. The maximum Gasteiger partial charge on any atom is 0.254 e. The summed E-state index contributed by atoms with van der Waals surface area (Å²) in [7, 11) is 0. The Bertz CT molecular complexity index is 783. The largest absolute Gasteiger partial charge is 0.385 e. The van der Waals surface area contributed by atoms with Gasteiger partial charge >= 0.3 is 0 Å². The van der Waals surface area contributed by atoms with E-state index in [2.05, 4.69) is 10.4 Å². The lowest BCUT2D eigenvalue weighted by Crippen LogP contribution is -2.29. The van der Waals surface area contributed by atoms with Gasteiger partial charge in [-0.05, 0) is 55.9 Å². The van der Waals surface area contributed by atoms with E-state index < -0.39 is 0 Å². The van der Waals surface area contributed by atoms with Crippen molar-refractivity contribution in [2.45, 2.75) is 38.0 Å². The molecule has 1 aliphatic carbocycles. The quantitative estimate of drug-likeness (QED) is 0.849. The van der Waals surface area contributed by atoms with E-state index in [4.69, 9.17) is 5.73 Å². The number of aromatic nitrogens is 2. The fraction of sp³-hybridized carbons (Fsp3) is 0.412. The zero-order chi connectivity index (χ0) is 16.0. The summed E-state index contributed by atoms with van der Waals surface area (Å²) in [5.41, 5.74) is 9.48. The highest BCUT2D eigenvalue weighted by Gasteiger charge is 2.31. The molecule has 1 unspecified atom stereocenters. The van der Waals surface area contributed by atoms with Gasteiger partial charge in [0.2, 0.25) is 0 Å². The molecule has 0 fully saturated rings. The zero-order valence-electron chi connectivity index (χ0n) is 12.8. The number of hydrogen-bond acceptors (Lipinski definition) is 4. The number of nitrogen functional groups attached to an aromatic ring is 1. The number of halogens is 1. The van der Waals surface area contributed by atoms with Crippen molar-refractivity contribution in [3.63, 3.8) is 0 Å². The molecular weight excluding hydrogens is 295 g/mol. The molecule has 1 aromatic heterocycles. The molecule has 23 heavy (non-hydrogen) atoms. The van der Waals surface area contributed by atoms with Crippen LogP contribution < -0.4 is 11.1 Å². The molecule has 2 aromatic rings. The number of hydrogen-bond donors (Lipinski definition) is 2. The Balaban J connectivity index is 1.75. The molecule has 3 N–H and O–H groups in total. The van der Waals surface area contributed by atoms with Crippen LogP contribution in [0.1, 0.15) is 46.8 Å². The van der Waals surface area contributed by atoms with E-state index in [0.29, 0.717) is 24.3 Å². The molecule has 0 spiro atoms. The second-order valence-electron chi connectivity index (χ2n) is 6.27. The van der Waals surface area contributed by atoms with Gasteiger partial charge in [0.1, 0.15) is 11.6 Å². The molecule has 2 heterocycles. The molecule has 0 amide bonds. The highest BCUT2D eigenvalue weighted by Crippen LogP contribution is 2.35. The number of carbonyl (C=O) groups is 1. The van der Waals surface area contributed by atoms with Crippen molar-refractivity contribution in [1.82, 2.24) is 9.78 Å². The van der Waals surface area contributed by atoms with Crippen LogP contribution in [0.25, 0.3) is 0 Å². The number of nitrogens with zero attached hydrogens (tertiary/aromatic N) is 2. The van der Waals surface area contributed by atoms with Gasteiger partial charge in [-0.3, -0.25) is 4.79 Å². The number of benzene rings is 1. The number of carbonyl (C=O) groups excluding carboxylic acids is 1. The molecule has 4 rings (SSSR count). The number of rotatable bonds is 1. The highest BCUT2D eigenvalue weighted by molar-refractivity contribution is 5.89. The molecule has 1 atom stereocenters. The first-order valence-electron chi connectivity index (χ1n) is 8.09. The van der Waals surface area contributed by atoms with Crippen LogP contribution in [0.3, 0.4) is 0 Å². The fourth-order valence-corrected chi connectivity index (χ4v) is 3.70. The Hall–Kier alpha value is -2.37. The monoisotopic (exact) mass is 314 g/mol. The van der Waals surface area contributed by atoms with Crippen LogP contribution in [0.5, 0.6) is 0 Å². The second-order valence-corrected chi connectivity index (χ2v) is 6.27. The normalized spacial score (nSPS) is 19.6. The van der Waals surface area contributed by atoms with Gasteiger partial charge < -0.3 is 11.1 Å². The first kappa shape index (κ1) is 14.2. The van der Waals surface area contributed by atoms with Gasteiger partial charge in [0.05, 0.1) is 11.6 Å². The third-order valence-electron chi connectivity index (χ3n) is 4.86. The van der Waals surface area contributed by atoms with Gasteiger partial charge in [0, 0.05) is 17.8 Å². The van der Waals surface area contributed by atoms with Crippen LogP contribution in [-0.4, -0.2) is 22.2 Å². The van der Waals surface area contributed by atoms with Gasteiger partial charge in [0.15, 0.2) is 0 Å². The van der Waals surface area contributed by atoms with Gasteiger partial charge in [-0.2, -0.15) is 0 Å². The third kappa shape index (κ3) is 2.29. The molecule has 2 aliphatic rings. The van der Waals surface area contributed by atoms with Crippen molar-refractivity contribution in [3.8, 4) is 0 Å². The summed E-state index contributed by atoms with van der Waals surface area (Å²) in [6.45, 7) is 0.688. The maximum atomic E-state index is 13.6. The van der Waals surface area contributed by atoms with E-state index in [9.17, 15) is 9.18 Å². The standard InChI is InChI=1S/C17H19FN4O/c18-10-5-6-14-13(9-10)11(7-8-20-14)17(23)22-15-4-2-1-3-12(15)16(19)21-22/h5-6,9,11,20H,1-4,7-8H2,(H2,19,21). The van der Waals surface area contributed by atoms with Crippen molar-refractivity contribution in [1.29, 1.82) is 0 Å². The van der Waals surface area contributed by atoms with E-state index in [1.165, 1.54) is 16.8 Å². The van der Waals surface area contributed by atoms with Gasteiger partial charge in [0.25, 0.3) is 5.91 Å². The van der Waals surface area contributed by atoms with E-state index in [0.717, 1.165) is 42.6 Å². The number of anilines is 2. The summed E-state index contributed by atoms with van der Waals surface area (Å²) < 4.78 is 15.1. The van der Waals surface area contributed by atoms with E-state index in [-0.39, 0.29) is 17.6 Å². The van der Waals surface area contributed by atoms with Gasteiger partial charge in [-0.25, -0.2) is 9.07 Å². The third-order valence-corrected chi connectivity index (χ3v) is 4.86. The lowest BCUT2D eigenvalue weighted by molar-refractivity contribution is 0.0852. The van der Waals surface area contributed by atoms with Gasteiger partial charge in [-0.1, -0.05) is 0 Å². The summed E-state index contributed by atoms with van der Waals surface area (Å²) >= 11 is 0. The first-order valence-corrected chi connectivity index (χ1v) is 8.09. The van der Waals surface area contributed by atoms with E-state index >= 15 is 0 Å². The fourth-order valence-electron chi connectivity index (χ4n) is 3.70. The summed E-state index contributed by atoms with van der Waals surface area (Å²) in [4.78, 5) is 13.1. The number of nitrogens with one attached hydrogen (secondary N) is 1. The minimum Gasteiger partial charge on any atom is -0.385 e.